The molecule has 17 heavy (non-hydrogen) atoms. The lowest BCUT2D eigenvalue weighted by Gasteiger charge is -2.08. The van der Waals surface area contributed by atoms with E-state index in [1.165, 1.54) is 0 Å². The predicted octanol–water partition coefficient (Wildman–Crippen LogP) is 2.19. The van der Waals surface area contributed by atoms with Gasteiger partial charge in [0.05, 0.1) is 12.5 Å². The van der Waals surface area contributed by atoms with E-state index in [-0.39, 0.29) is 0 Å². The predicted molar refractivity (Wildman–Crippen MR) is 67.1 cm³/mol. The minimum absolute atomic E-state index is 0.522. The van der Waals surface area contributed by atoms with Crippen molar-refractivity contribution in [1.29, 1.82) is 0 Å². The van der Waals surface area contributed by atoms with Gasteiger partial charge in [-0.3, -0.25) is 0 Å². The van der Waals surface area contributed by atoms with Gasteiger partial charge in [0.15, 0.2) is 0 Å². The molecule has 5 heteroatoms. The van der Waals surface area contributed by atoms with Crippen molar-refractivity contribution in [2.45, 2.75) is 33.3 Å². The van der Waals surface area contributed by atoms with Gasteiger partial charge in [-0.2, -0.15) is 0 Å². The number of nitrogens with zero attached hydrogens (tertiary/aromatic N) is 3. The summed E-state index contributed by atoms with van der Waals surface area (Å²) >= 11 is 1.62. The number of thiazole rings is 1. The van der Waals surface area contributed by atoms with E-state index in [1.807, 2.05) is 19.2 Å². The summed E-state index contributed by atoms with van der Waals surface area (Å²) in [5.41, 5.74) is 2.64. The Morgan fingerprint density at radius 1 is 1.35 bits per heavy atom. The topological polar surface area (TPSA) is 58.9 Å². The molecule has 0 bridgehead atoms. The highest BCUT2D eigenvalue weighted by molar-refractivity contribution is 7.09. The van der Waals surface area contributed by atoms with Crippen LogP contribution in [0, 0.1) is 13.8 Å². The average Bonchev–Trinajstić information content (AvgIpc) is 2.63. The Hall–Kier alpha value is -1.33. The number of rotatable bonds is 3. The van der Waals surface area contributed by atoms with Gasteiger partial charge in [0.1, 0.15) is 10.8 Å². The zero-order valence-corrected chi connectivity index (χ0v) is 11.0. The third-order valence-electron chi connectivity index (χ3n) is 2.49. The lowest BCUT2D eigenvalue weighted by molar-refractivity contribution is 0.197. The molecule has 1 N–H and O–H groups in total. The first-order valence-corrected chi connectivity index (χ1v) is 6.35. The van der Waals surface area contributed by atoms with Crippen molar-refractivity contribution >= 4 is 11.3 Å². The van der Waals surface area contributed by atoms with Crippen LogP contribution in [-0.2, 0) is 6.42 Å². The van der Waals surface area contributed by atoms with Crippen molar-refractivity contribution in [2.75, 3.05) is 0 Å². The third-order valence-corrected chi connectivity index (χ3v) is 3.46. The van der Waals surface area contributed by atoms with Crippen molar-refractivity contribution < 1.29 is 5.11 Å². The van der Waals surface area contributed by atoms with Crippen LogP contribution in [0.2, 0.25) is 0 Å². The number of hydrogen-bond donors (Lipinski definition) is 1. The highest BCUT2D eigenvalue weighted by atomic mass is 32.1. The first kappa shape index (κ1) is 12.1. The number of hydrogen-bond acceptors (Lipinski definition) is 5. The summed E-state index contributed by atoms with van der Waals surface area (Å²) in [6, 6.07) is 0. The molecule has 0 aliphatic heterocycles. The first-order valence-electron chi connectivity index (χ1n) is 5.47. The minimum Gasteiger partial charge on any atom is -0.389 e. The van der Waals surface area contributed by atoms with Crippen LogP contribution < -0.4 is 0 Å². The molecular weight excluding hydrogens is 234 g/mol. The van der Waals surface area contributed by atoms with E-state index < -0.39 is 6.10 Å². The smallest absolute Gasteiger partial charge is 0.135 e. The van der Waals surface area contributed by atoms with E-state index in [2.05, 4.69) is 15.0 Å². The van der Waals surface area contributed by atoms with Gasteiger partial charge in [0.25, 0.3) is 0 Å². The molecule has 0 aliphatic carbocycles. The maximum atomic E-state index is 9.50. The van der Waals surface area contributed by atoms with Crippen LogP contribution in [0.15, 0.2) is 11.6 Å². The van der Waals surface area contributed by atoms with E-state index in [9.17, 15) is 5.11 Å². The molecule has 2 aromatic rings. The van der Waals surface area contributed by atoms with E-state index >= 15 is 0 Å². The lowest BCUT2D eigenvalue weighted by Crippen LogP contribution is -2.04. The first-order chi connectivity index (χ1) is 8.06. The van der Waals surface area contributed by atoms with Crippen molar-refractivity contribution in [1.82, 2.24) is 15.0 Å². The third kappa shape index (κ3) is 2.87. The molecule has 4 nitrogen and oxygen atoms in total. The largest absolute Gasteiger partial charge is 0.389 e. The highest BCUT2D eigenvalue weighted by Gasteiger charge is 2.09. The zero-order valence-electron chi connectivity index (χ0n) is 10.1. The Labute approximate surface area is 104 Å². The monoisotopic (exact) mass is 249 g/mol. The Bertz CT molecular complexity index is 522. The van der Waals surface area contributed by atoms with E-state index in [0.29, 0.717) is 6.42 Å². The fraction of sp³-hybridized carbons (Fsp3) is 0.417. The van der Waals surface area contributed by atoms with E-state index in [4.69, 9.17) is 0 Å². The average molecular weight is 249 g/mol. The zero-order chi connectivity index (χ0) is 12.4. The second-order valence-corrected chi connectivity index (χ2v) is 5.01. The van der Waals surface area contributed by atoms with Crippen LogP contribution >= 0.6 is 11.3 Å². The fourth-order valence-electron chi connectivity index (χ4n) is 1.64. The van der Waals surface area contributed by atoms with Gasteiger partial charge >= 0.3 is 0 Å². The van der Waals surface area contributed by atoms with Crippen molar-refractivity contribution in [3.05, 3.63) is 39.4 Å². The van der Waals surface area contributed by atoms with Crippen LogP contribution in [0.4, 0.5) is 0 Å². The standard InChI is InChI=1S/C12H15N3OS/c1-7-6-17-12(14-7)4-11-13-5-10(9(3)16)8(2)15-11/h5-6,9,16H,4H2,1-3H3. The van der Waals surface area contributed by atoms with Gasteiger partial charge in [0.2, 0.25) is 0 Å². The van der Waals surface area contributed by atoms with Crippen LogP contribution in [0.5, 0.6) is 0 Å². The molecule has 90 valence electrons. The Kier molecular flexibility index (Phi) is 3.49. The molecule has 0 radical (unpaired) electrons. The molecule has 0 fully saturated rings. The normalized spacial score (nSPS) is 12.7. The molecule has 1 unspecified atom stereocenters. The second-order valence-electron chi connectivity index (χ2n) is 4.06. The number of aliphatic hydroxyl groups excluding tert-OH is 1. The quantitative estimate of drug-likeness (QED) is 0.906. The van der Waals surface area contributed by atoms with Crippen LogP contribution in [0.1, 0.15) is 40.8 Å². The summed E-state index contributed by atoms with van der Waals surface area (Å²) in [6.07, 6.45) is 1.83. The van der Waals surface area contributed by atoms with Gasteiger partial charge in [-0.05, 0) is 20.8 Å². The van der Waals surface area contributed by atoms with Crippen LogP contribution in [-0.4, -0.2) is 20.1 Å². The minimum atomic E-state index is -0.522. The van der Waals surface area contributed by atoms with E-state index in [0.717, 1.165) is 27.8 Å². The maximum Gasteiger partial charge on any atom is 0.135 e. The summed E-state index contributed by atoms with van der Waals surface area (Å²) in [6.45, 7) is 5.58. The van der Waals surface area contributed by atoms with E-state index in [1.54, 1.807) is 24.5 Å². The maximum absolute atomic E-state index is 9.50. The number of aliphatic hydroxyl groups is 1. The summed E-state index contributed by atoms with van der Waals surface area (Å²) in [4.78, 5) is 13.0. The Morgan fingerprint density at radius 3 is 2.65 bits per heavy atom. The van der Waals surface area contributed by atoms with Gasteiger partial charge in [-0.1, -0.05) is 0 Å². The molecule has 2 heterocycles. The molecule has 2 rings (SSSR count). The molecule has 0 spiro atoms. The molecule has 1 atom stereocenters. The molecule has 0 saturated carbocycles. The molecule has 0 amide bonds. The molecule has 0 saturated heterocycles. The molecule has 0 aliphatic rings. The van der Waals surface area contributed by atoms with Gasteiger partial charge in [-0.15, -0.1) is 11.3 Å². The SMILES string of the molecule is Cc1csc(Cc2ncc(C(C)O)c(C)n2)n1. The number of aryl methyl sites for hydroxylation is 2. The summed E-state index contributed by atoms with van der Waals surface area (Å²) < 4.78 is 0. The molecule has 2 aromatic heterocycles. The van der Waals surface area contributed by atoms with Crippen molar-refractivity contribution in [3.8, 4) is 0 Å². The lowest BCUT2D eigenvalue weighted by atomic mass is 10.1. The van der Waals surface area contributed by atoms with Crippen molar-refractivity contribution in [3.63, 3.8) is 0 Å². The Morgan fingerprint density at radius 2 is 2.12 bits per heavy atom. The Balaban J connectivity index is 2.20. The summed E-state index contributed by atoms with van der Waals surface area (Å²) in [7, 11) is 0. The van der Waals surface area contributed by atoms with Gasteiger partial charge in [-0.25, -0.2) is 15.0 Å². The van der Waals surface area contributed by atoms with Gasteiger partial charge < -0.3 is 5.11 Å². The highest BCUT2D eigenvalue weighted by Crippen LogP contribution is 2.16. The molecule has 0 aromatic carbocycles. The number of aromatic nitrogens is 3. The summed E-state index contributed by atoms with van der Waals surface area (Å²) in [5, 5.41) is 12.5. The summed E-state index contributed by atoms with van der Waals surface area (Å²) in [5.74, 6) is 0.751. The fourth-order valence-corrected chi connectivity index (χ4v) is 2.41. The second kappa shape index (κ2) is 4.89. The van der Waals surface area contributed by atoms with Crippen molar-refractivity contribution in [2.24, 2.45) is 0 Å². The molecular formula is C12H15N3OS. The van der Waals surface area contributed by atoms with Gasteiger partial charge in [0, 0.05) is 28.5 Å². The van der Waals surface area contributed by atoms with Crippen LogP contribution in [0.3, 0.4) is 0 Å². The van der Waals surface area contributed by atoms with Crippen LogP contribution in [0.25, 0.3) is 0 Å².